The lowest BCUT2D eigenvalue weighted by molar-refractivity contribution is -0.132. The van der Waals surface area contributed by atoms with Gasteiger partial charge < -0.3 is 25.7 Å². The second-order valence-corrected chi connectivity index (χ2v) is 15.4. The maximum Gasteiger partial charge on any atom is 0.249 e. The van der Waals surface area contributed by atoms with Crippen molar-refractivity contribution in [3.63, 3.8) is 0 Å². The number of nitrogens with one attached hydrogen (secondary N) is 1. The smallest absolute Gasteiger partial charge is 0.249 e. The summed E-state index contributed by atoms with van der Waals surface area (Å²) < 4.78 is 0. The van der Waals surface area contributed by atoms with Crippen LogP contribution in [0, 0.1) is 0 Å². The third kappa shape index (κ3) is 32.9. The molecule has 50 heavy (non-hydrogen) atoms. The van der Waals surface area contributed by atoms with Gasteiger partial charge in [-0.3, -0.25) is 4.79 Å². The summed E-state index contributed by atoms with van der Waals surface area (Å²) in [6.07, 6.45) is 42.6. The molecule has 0 aromatic rings. The van der Waals surface area contributed by atoms with Gasteiger partial charge in [0.2, 0.25) is 5.91 Å². The maximum absolute atomic E-state index is 12.5. The molecule has 0 aromatic heterocycles. The van der Waals surface area contributed by atoms with Gasteiger partial charge in [-0.2, -0.15) is 0 Å². The first-order valence-corrected chi connectivity index (χ1v) is 22.1. The van der Waals surface area contributed by atoms with Gasteiger partial charge in [0.1, 0.15) is 12.2 Å². The molecule has 0 saturated heterocycles. The molecule has 0 fully saturated rings. The first-order chi connectivity index (χ1) is 24.5. The van der Waals surface area contributed by atoms with Crippen LogP contribution in [0.25, 0.3) is 0 Å². The van der Waals surface area contributed by atoms with Crippen LogP contribution in [0.2, 0.25) is 0 Å². The van der Waals surface area contributed by atoms with E-state index in [4.69, 9.17) is 0 Å². The quantitative estimate of drug-likeness (QED) is 0.0321. The van der Waals surface area contributed by atoms with E-state index in [1.807, 2.05) is 0 Å². The van der Waals surface area contributed by atoms with Gasteiger partial charge >= 0.3 is 0 Å². The molecule has 0 radical (unpaired) electrons. The van der Waals surface area contributed by atoms with Crippen LogP contribution in [0.4, 0.5) is 0 Å². The summed E-state index contributed by atoms with van der Waals surface area (Å²) in [4.78, 5) is 12.5. The molecule has 298 valence electrons. The SMILES string of the molecule is CCCCCCC/C=C/CCCC(O)C(O)C(CO)NC(=O)C(O)CCCCCCCCCCCCCCCCCCCCCCCCCC. The van der Waals surface area contributed by atoms with Crippen molar-refractivity contribution in [1.82, 2.24) is 5.32 Å². The number of amides is 1. The molecular weight excluding hydrogens is 622 g/mol. The highest BCUT2D eigenvalue weighted by Gasteiger charge is 2.28. The summed E-state index contributed by atoms with van der Waals surface area (Å²) in [5, 5.41) is 43.5. The molecule has 5 N–H and O–H groups in total. The summed E-state index contributed by atoms with van der Waals surface area (Å²) in [5.74, 6) is -0.591. The molecule has 0 heterocycles. The molecule has 6 heteroatoms. The van der Waals surface area contributed by atoms with Crippen molar-refractivity contribution in [2.75, 3.05) is 6.61 Å². The van der Waals surface area contributed by atoms with Gasteiger partial charge in [-0.15, -0.1) is 0 Å². The van der Waals surface area contributed by atoms with Crippen LogP contribution < -0.4 is 5.32 Å². The van der Waals surface area contributed by atoms with E-state index >= 15 is 0 Å². The third-order valence-corrected chi connectivity index (χ3v) is 10.5. The van der Waals surface area contributed by atoms with Crippen molar-refractivity contribution >= 4 is 5.91 Å². The molecular formula is C44H87NO5. The highest BCUT2D eigenvalue weighted by Crippen LogP contribution is 2.17. The molecule has 1 amide bonds. The van der Waals surface area contributed by atoms with E-state index in [1.165, 1.54) is 167 Å². The zero-order valence-corrected chi connectivity index (χ0v) is 33.4. The number of hydrogen-bond donors (Lipinski definition) is 5. The molecule has 0 rings (SSSR count). The number of unbranched alkanes of at least 4 members (excludes halogenated alkanes) is 29. The Morgan fingerprint density at radius 2 is 0.820 bits per heavy atom. The Balaban J connectivity index is 3.63. The average Bonchev–Trinajstić information content (AvgIpc) is 3.12. The Kier molecular flexibility index (Phi) is 38.5. The number of rotatable bonds is 40. The monoisotopic (exact) mass is 710 g/mol. The largest absolute Gasteiger partial charge is 0.394 e. The number of carbonyl (C=O) groups is 1. The molecule has 0 saturated carbocycles. The average molecular weight is 710 g/mol. The molecule has 0 bridgehead atoms. The third-order valence-electron chi connectivity index (χ3n) is 10.5. The Bertz CT molecular complexity index is 717. The van der Waals surface area contributed by atoms with Crippen molar-refractivity contribution in [3.05, 3.63) is 12.2 Å². The van der Waals surface area contributed by atoms with E-state index < -0.39 is 36.9 Å². The van der Waals surface area contributed by atoms with E-state index in [9.17, 15) is 25.2 Å². The lowest BCUT2D eigenvalue weighted by Crippen LogP contribution is -2.53. The molecule has 4 atom stereocenters. The second-order valence-electron chi connectivity index (χ2n) is 15.4. The van der Waals surface area contributed by atoms with Crippen LogP contribution in [0.3, 0.4) is 0 Å². The minimum Gasteiger partial charge on any atom is -0.394 e. The van der Waals surface area contributed by atoms with Crippen molar-refractivity contribution in [3.8, 4) is 0 Å². The second kappa shape index (κ2) is 39.3. The summed E-state index contributed by atoms with van der Waals surface area (Å²) in [5.41, 5.74) is 0. The molecule has 4 unspecified atom stereocenters. The number of carbonyl (C=O) groups excluding carboxylic acids is 1. The van der Waals surface area contributed by atoms with Gasteiger partial charge in [-0.05, 0) is 38.5 Å². The number of hydrogen-bond acceptors (Lipinski definition) is 5. The van der Waals surface area contributed by atoms with Crippen LogP contribution in [-0.4, -0.2) is 57.3 Å². The maximum atomic E-state index is 12.5. The Labute approximate surface area is 311 Å². The molecule has 0 aliphatic heterocycles. The molecule has 0 spiro atoms. The Hall–Kier alpha value is -0.950. The Morgan fingerprint density at radius 3 is 1.20 bits per heavy atom. The minimum absolute atomic E-state index is 0.368. The number of allylic oxidation sites excluding steroid dienone is 2. The highest BCUT2D eigenvalue weighted by atomic mass is 16.3. The first kappa shape index (κ1) is 49.0. The van der Waals surface area contributed by atoms with Gasteiger partial charge in [-0.25, -0.2) is 0 Å². The van der Waals surface area contributed by atoms with Crippen LogP contribution in [0.15, 0.2) is 12.2 Å². The zero-order chi connectivity index (χ0) is 36.8. The summed E-state index contributed by atoms with van der Waals surface area (Å²) in [6, 6.07) is -0.995. The normalized spacial score (nSPS) is 14.3. The van der Waals surface area contributed by atoms with Crippen LogP contribution in [0.1, 0.15) is 232 Å². The van der Waals surface area contributed by atoms with Gasteiger partial charge in [0.15, 0.2) is 0 Å². The van der Waals surface area contributed by atoms with Crippen molar-refractivity contribution in [1.29, 1.82) is 0 Å². The summed E-state index contributed by atoms with van der Waals surface area (Å²) in [7, 11) is 0. The molecule has 0 aromatic carbocycles. The predicted octanol–water partition coefficient (Wildman–Crippen LogP) is 11.4. The zero-order valence-electron chi connectivity index (χ0n) is 33.4. The van der Waals surface area contributed by atoms with Crippen LogP contribution in [-0.2, 0) is 4.79 Å². The van der Waals surface area contributed by atoms with E-state index in [-0.39, 0.29) is 0 Å². The van der Waals surface area contributed by atoms with Gasteiger partial charge in [-0.1, -0.05) is 206 Å². The fourth-order valence-electron chi connectivity index (χ4n) is 6.93. The highest BCUT2D eigenvalue weighted by molar-refractivity contribution is 5.80. The molecule has 6 nitrogen and oxygen atoms in total. The van der Waals surface area contributed by atoms with E-state index in [0.717, 1.165) is 38.5 Å². The van der Waals surface area contributed by atoms with E-state index in [1.54, 1.807) is 0 Å². The molecule has 0 aliphatic rings. The van der Waals surface area contributed by atoms with E-state index in [2.05, 4.69) is 31.3 Å². The van der Waals surface area contributed by atoms with Crippen LogP contribution in [0.5, 0.6) is 0 Å². The van der Waals surface area contributed by atoms with Gasteiger partial charge in [0.05, 0.1) is 18.8 Å². The standard InChI is InChI=1S/C44H87NO5/c1-3-5-7-9-11-13-15-16-17-18-19-20-21-22-23-24-25-26-27-28-30-32-34-36-38-42(48)44(50)45-40(39-46)43(49)41(47)37-35-33-31-29-14-12-10-8-6-4-2/h29,31,40-43,46-49H,3-28,30,32-39H2,1-2H3,(H,45,50)/b31-29+. The first-order valence-electron chi connectivity index (χ1n) is 22.1. The fourth-order valence-corrected chi connectivity index (χ4v) is 6.93. The lowest BCUT2D eigenvalue weighted by Gasteiger charge is -2.27. The van der Waals surface area contributed by atoms with Crippen LogP contribution >= 0.6 is 0 Å². The minimum atomic E-state index is -1.28. The molecule has 0 aliphatic carbocycles. The summed E-state index contributed by atoms with van der Waals surface area (Å²) in [6.45, 7) is 4.01. The van der Waals surface area contributed by atoms with Crippen molar-refractivity contribution in [2.45, 2.75) is 257 Å². The van der Waals surface area contributed by atoms with Crippen molar-refractivity contribution < 1.29 is 25.2 Å². The summed E-state index contributed by atoms with van der Waals surface area (Å²) >= 11 is 0. The Morgan fingerprint density at radius 1 is 0.480 bits per heavy atom. The lowest BCUT2D eigenvalue weighted by atomic mass is 10.00. The van der Waals surface area contributed by atoms with Crippen molar-refractivity contribution in [2.24, 2.45) is 0 Å². The predicted molar refractivity (Wildman–Crippen MR) is 215 cm³/mol. The van der Waals surface area contributed by atoms with Gasteiger partial charge in [0.25, 0.3) is 0 Å². The fraction of sp³-hybridized carbons (Fsp3) is 0.932. The topological polar surface area (TPSA) is 110 Å². The number of aliphatic hydroxyl groups is 4. The van der Waals surface area contributed by atoms with E-state index in [0.29, 0.717) is 12.8 Å². The number of aliphatic hydroxyl groups excluding tert-OH is 4. The van der Waals surface area contributed by atoms with Gasteiger partial charge in [0, 0.05) is 0 Å².